The minimum Gasteiger partial charge on any atom is -0.372 e. The Hall–Kier alpha value is -1.14. The fourth-order valence-corrected chi connectivity index (χ4v) is 2.14. The van der Waals surface area contributed by atoms with E-state index in [-0.39, 0.29) is 5.91 Å². The molecule has 2 N–H and O–H groups in total. The van der Waals surface area contributed by atoms with Crippen LogP contribution < -0.4 is 10.6 Å². The van der Waals surface area contributed by atoms with Gasteiger partial charge in [-0.1, -0.05) is 11.6 Å². The van der Waals surface area contributed by atoms with Gasteiger partial charge in [-0.15, -0.1) is 0 Å². The van der Waals surface area contributed by atoms with E-state index in [0.717, 1.165) is 0 Å². The van der Waals surface area contributed by atoms with Gasteiger partial charge in [-0.2, -0.15) is 0 Å². The van der Waals surface area contributed by atoms with Gasteiger partial charge in [-0.3, -0.25) is 9.00 Å². The quantitative estimate of drug-likeness (QED) is 0.774. The van der Waals surface area contributed by atoms with Crippen LogP contribution in [-0.2, 0) is 10.8 Å². The van der Waals surface area contributed by atoms with Gasteiger partial charge in [-0.05, 0) is 12.5 Å². The summed E-state index contributed by atoms with van der Waals surface area (Å²) in [5.41, 5.74) is 0.414. The Morgan fingerprint density at radius 1 is 1.56 bits per heavy atom. The average Bonchev–Trinajstić information content (AvgIpc) is 2.34. The summed E-state index contributed by atoms with van der Waals surface area (Å²) in [6, 6.07) is 1.56. The Morgan fingerprint density at radius 2 is 2.28 bits per heavy atom. The Kier molecular flexibility index (Phi) is 6.07. The summed E-state index contributed by atoms with van der Waals surface area (Å²) in [4.78, 5) is 15.8. The zero-order chi connectivity index (χ0) is 13.5. The van der Waals surface area contributed by atoms with Gasteiger partial charge in [0.1, 0.15) is 5.82 Å². The van der Waals surface area contributed by atoms with Crippen LogP contribution in [0.1, 0.15) is 16.8 Å². The number of rotatable bonds is 6. The van der Waals surface area contributed by atoms with Crippen molar-refractivity contribution in [2.45, 2.75) is 6.42 Å². The summed E-state index contributed by atoms with van der Waals surface area (Å²) >= 11 is 5.93. The van der Waals surface area contributed by atoms with Crippen LogP contribution in [0, 0.1) is 0 Å². The van der Waals surface area contributed by atoms with Crippen LogP contribution in [0.3, 0.4) is 0 Å². The highest BCUT2D eigenvalue weighted by molar-refractivity contribution is 7.84. The maximum absolute atomic E-state index is 11.7. The Morgan fingerprint density at radius 3 is 2.83 bits per heavy atom. The van der Waals surface area contributed by atoms with E-state index in [1.807, 2.05) is 0 Å². The van der Waals surface area contributed by atoms with E-state index in [4.69, 9.17) is 11.6 Å². The maximum Gasteiger partial charge on any atom is 0.252 e. The largest absolute Gasteiger partial charge is 0.372 e. The first-order valence-corrected chi connectivity index (χ1v) is 7.56. The zero-order valence-corrected chi connectivity index (χ0v) is 11.9. The number of amides is 1. The van der Waals surface area contributed by atoms with Gasteiger partial charge in [0.15, 0.2) is 0 Å². The molecule has 1 aromatic rings. The van der Waals surface area contributed by atoms with Crippen LogP contribution in [0.15, 0.2) is 12.3 Å². The highest BCUT2D eigenvalue weighted by atomic mass is 35.5. The highest BCUT2D eigenvalue weighted by Gasteiger charge is 2.08. The minimum atomic E-state index is -0.826. The molecule has 100 valence electrons. The number of halogens is 1. The first kappa shape index (κ1) is 14.9. The number of anilines is 1. The number of carbonyl (C=O) groups excluding carboxylic acids is 1. The van der Waals surface area contributed by atoms with Gasteiger partial charge >= 0.3 is 0 Å². The molecule has 0 aliphatic heterocycles. The molecule has 0 aliphatic rings. The Labute approximate surface area is 114 Å². The standard InChI is InChI=1S/C11H16ClN3O2S/c1-13-10-9(12)6-8(7-15-10)11(16)14-4-3-5-18(2)17/h6-7H,3-5H2,1-2H3,(H,13,15)(H,14,16). The van der Waals surface area contributed by atoms with Crippen molar-refractivity contribution < 1.29 is 9.00 Å². The third-order valence-corrected chi connectivity index (χ3v) is 3.39. The fourth-order valence-electron chi connectivity index (χ4n) is 1.33. The van der Waals surface area contributed by atoms with Gasteiger partial charge < -0.3 is 10.6 Å². The van der Waals surface area contributed by atoms with Gasteiger partial charge in [-0.25, -0.2) is 4.98 Å². The average molecular weight is 290 g/mol. The van der Waals surface area contributed by atoms with Gasteiger partial charge in [0, 0.05) is 42.6 Å². The molecule has 0 spiro atoms. The van der Waals surface area contributed by atoms with E-state index in [9.17, 15) is 9.00 Å². The van der Waals surface area contributed by atoms with Crippen molar-refractivity contribution in [1.29, 1.82) is 0 Å². The molecule has 1 unspecified atom stereocenters. The predicted octanol–water partition coefficient (Wildman–Crippen LogP) is 1.28. The van der Waals surface area contributed by atoms with E-state index in [0.29, 0.717) is 35.1 Å². The maximum atomic E-state index is 11.7. The molecule has 0 saturated carbocycles. The van der Waals surface area contributed by atoms with E-state index in [2.05, 4.69) is 15.6 Å². The molecule has 5 nitrogen and oxygen atoms in total. The molecular weight excluding hydrogens is 274 g/mol. The summed E-state index contributed by atoms with van der Waals surface area (Å²) in [7, 11) is 0.881. The molecule has 0 aromatic carbocycles. The molecule has 0 saturated heterocycles. The van der Waals surface area contributed by atoms with Crippen molar-refractivity contribution in [3.05, 3.63) is 22.8 Å². The van der Waals surface area contributed by atoms with Gasteiger partial charge in [0.25, 0.3) is 5.91 Å². The van der Waals surface area contributed by atoms with Gasteiger partial charge in [0.2, 0.25) is 0 Å². The normalized spacial score (nSPS) is 11.9. The van der Waals surface area contributed by atoms with Crippen LogP contribution in [0.2, 0.25) is 5.02 Å². The lowest BCUT2D eigenvalue weighted by Gasteiger charge is -2.06. The topological polar surface area (TPSA) is 71.1 Å². The predicted molar refractivity (Wildman–Crippen MR) is 74.7 cm³/mol. The molecule has 18 heavy (non-hydrogen) atoms. The molecule has 1 atom stereocenters. The number of hydrogen-bond donors (Lipinski definition) is 2. The van der Waals surface area contributed by atoms with Crippen molar-refractivity contribution in [3.8, 4) is 0 Å². The van der Waals surface area contributed by atoms with Crippen LogP contribution in [0.4, 0.5) is 5.82 Å². The lowest BCUT2D eigenvalue weighted by atomic mass is 10.2. The molecule has 1 rings (SSSR count). The molecule has 1 amide bonds. The van der Waals surface area contributed by atoms with E-state index in [1.54, 1.807) is 19.4 Å². The summed E-state index contributed by atoms with van der Waals surface area (Å²) in [5, 5.41) is 5.95. The summed E-state index contributed by atoms with van der Waals surface area (Å²) in [6.07, 6.45) is 3.79. The Bertz CT molecular complexity index is 454. The molecular formula is C11H16ClN3O2S. The molecule has 7 heteroatoms. The van der Waals surface area contributed by atoms with Crippen molar-refractivity contribution in [3.63, 3.8) is 0 Å². The third kappa shape index (κ3) is 4.62. The van der Waals surface area contributed by atoms with Crippen molar-refractivity contribution in [2.24, 2.45) is 0 Å². The lowest BCUT2D eigenvalue weighted by molar-refractivity contribution is 0.0953. The summed E-state index contributed by atoms with van der Waals surface area (Å²) in [6.45, 7) is 0.490. The second-order valence-electron chi connectivity index (χ2n) is 3.69. The van der Waals surface area contributed by atoms with E-state index < -0.39 is 10.8 Å². The molecule has 1 heterocycles. The number of nitrogens with zero attached hydrogens (tertiary/aromatic N) is 1. The first-order chi connectivity index (χ1) is 8.54. The summed E-state index contributed by atoms with van der Waals surface area (Å²) in [5.74, 6) is 0.890. The molecule has 1 aromatic heterocycles. The SMILES string of the molecule is CNc1ncc(C(=O)NCCCS(C)=O)cc1Cl. The lowest BCUT2D eigenvalue weighted by Crippen LogP contribution is -2.25. The van der Waals surface area contributed by atoms with Crippen molar-refractivity contribution in [2.75, 3.05) is 30.9 Å². The van der Waals surface area contributed by atoms with Crippen molar-refractivity contribution >= 4 is 34.1 Å². The smallest absolute Gasteiger partial charge is 0.252 e. The van der Waals surface area contributed by atoms with Crippen LogP contribution in [0.25, 0.3) is 0 Å². The molecule has 0 aliphatic carbocycles. The third-order valence-electron chi connectivity index (χ3n) is 2.23. The number of pyridine rings is 1. The molecule has 0 fully saturated rings. The van der Waals surface area contributed by atoms with Crippen LogP contribution in [0.5, 0.6) is 0 Å². The van der Waals surface area contributed by atoms with Gasteiger partial charge in [0.05, 0.1) is 10.6 Å². The fraction of sp³-hybridized carbons (Fsp3) is 0.455. The Balaban J connectivity index is 2.51. The molecule has 0 bridgehead atoms. The summed E-state index contributed by atoms with van der Waals surface area (Å²) < 4.78 is 10.8. The second kappa shape index (κ2) is 7.33. The molecule has 0 radical (unpaired) electrons. The van der Waals surface area contributed by atoms with Crippen LogP contribution >= 0.6 is 11.6 Å². The highest BCUT2D eigenvalue weighted by Crippen LogP contribution is 2.19. The first-order valence-electron chi connectivity index (χ1n) is 5.46. The second-order valence-corrected chi connectivity index (χ2v) is 5.65. The number of carbonyl (C=O) groups is 1. The number of nitrogens with one attached hydrogen (secondary N) is 2. The minimum absolute atomic E-state index is 0.228. The monoisotopic (exact) mass is 289 g/mol. The van der Waals surface area contributed by atoms with Crippen molar-refractivity contribution in [1.82, 2.24) is 10.3 Å². The number of hydrogen-bond acceptors (Lipinski definition) is 4. The van der Waals surface area contributed by atoms with E-state index in [1.165, 1.54) is 6.20 Å². The zero-order valence-electron chi connectivity index (χ0n) is 10.3. The van der Waals surface area contributed by atoms with E-state index >= 15 is 0 Å². The van der Waals surface area contributed by atoms with Crippen LogP contribution in [-0.4, -0.2) is 40.7 Å². The number of aromatic nitrogens is 1.